The summed E-state index contributed by atoms with van der Waals surface area (Å²) in [5.41, 5.74) is 2.15. The van der Waals surface area contributed by atoms with Crippen LogP contribution >= 0.6 is 0 Å². The third-order valence-corrected chi connectivity index (χ3v) is 3.43. The highest BCUT2D eigenvalue weighted by molar-refractivity contribution is 5.99. The van der Waals surface area contributed by atoms with E-state index >= 15 is 0 Å². The first kappa shape index (κ1) is 12.0. The number of hydrogen-bond donors (Lipinski definition) is 2. The van der Waals surface area contributed by atoms with Crippen molar-refractivity contribution in [3.05, 3.63) is 29.8 Å². The molecule has 5 heteroatoms. The number of carbonyl (C=O) groups excluding carboxylic acids is 1. The van der Waals surface area contributed by atoms with E-state index in [0.717, 1.165) is 49.8 Å². The number of nitrogens with one attached hydrogen (secondary N) is 2. The van der Waals surface area contributed by atoms with Gasteiger partial charge in [0, 0.05) is 38.3 Å². The molecule has 2 heterocycles. The van der Waals surface area contributed by atoms with Gasteiger partial charge in [0.25, 0.3) is 0 Å². The van der Waals surface area contributed by atoms with Crippen molar-refractivity contribution >= 4 is 17.6 Å². The predicted octanol–water partition coefficient (Wildman–Crippen LogP) is 0.862. The Morgan fingerprint density at radius 1 is 1.42 bits per heavy atom. The van der Waals surface area contributed by atoms with Crippen molar-refractivity contribution in [2.24, 2.45) is 4.99 Å². The number of rotatable bonds is 3. The zero-order valence-corrected chi connectivity index (χ0v) is 10.9. The summed E-state index contributed by atoms with van der Waals surface area (Å²) in [6.07, 6.45) is 1.76. The van der Waals surface area contributed by atoms with Crippen molar-refractivity contribution in [1.82, 2.24) is 10.6 Å². The first-order chi connectivity index (χ1) is 9.33. The molecule has 2 N–H and O–H groups in total. The zero-order valence-electron chi connectivity index (χ0n) is 10.9. The molecule has 1 fully saturated rings. The quantitative estimate of drug-likeness (QED) is 0.791. The standard InChI is InChI=1S/C14H18N4O/c19-13-5-8-18(13)12-4-1-3-11(9-12)10-17-14-15-6-2-7-16-14/h1,3-4,9H,2,5-8,10H2,(H2,15,16,17). The van der Waals surface area contributed by atoms with E-state index in [1.807, 2.05) is 17.0 Å². The monoisotopic (exact) mass is 258 g/mol. The highest BCUT2D eigenvalue weighted by Crippen LogP contribution is 2.22. The Labute approximate surface area is 112 Å². The molecule has 0 bridgehead atoms. The minimum absolute atomic E-state index is 0.212. The lowest BCUT2D eigenvalue weighted by Crippen LogP contribution is -2.43. The topological polar surface area (TPSA) is 56.7 Å². The largest absolute Gasteiger partial charge is 0.356 e. The fraction of sp³-hybridized carbons (Fsp3) is 0.429. The van der Waals surface area contributed by atoms with Gasteiger partial charge in [-0.25, -0.2) is 0 Å². The summed E-state index contributed by atoms with van der Waals surface area (Å²) >= 11 is 0. The number of aliphatic imine (C=N–C) groups is 1. The third-order valence-electron chi connectivity index (χ3n) is 3.43. The van der Waals surface area contributed by atoms with Gasteiger partial charge in [-0.1, -0.05) is 12.1 Å². The minimum Gasteiger partial charge on any atom is -0.356 e. The third kappa shape index (κ3) is 2.70. The van der Waals surface area contributed by atoms with Crippen LogP contribution in [0.15, 0.2) is 29.3 Å². The fourth-order valence-corrected chi connectivity index (χ4v) is 2.26. The molecule has 0 saturated carbocycles. The van der Waals surface area contributed by atoms with Crippen LogP contribution in [0.25, 0.3) is 0 Å². The molecule has 1 amide bonds. The second-order valence-electron chi connectivity index (χ2n) is 4.83. The second-order valence-corrected chi connectivity index (χ2v) is 4.83. The number of benzene rings is 1. The van der Waals surface area contributed by atoms with Crippen LogP contribution in [-0.4, -0.2) is 31.5 Å². The number of nitrogens with zero attached hydrogens (tertiary/aromatic N) is 2. The summed E-state index contributed by atoms with van der Waals surface area (Å²) in [4.78, 5) is 17.6. The number of carbonyl (C=O) groups is 1. The van der Waals surface area contributed by atoms with E-state index in [0.29, 0.717) is 6.42 Å². The molecule has 0 aromatic heterocycles. The molecule has 2 aliphatic heterocycles. The first-order valence-corrected chi connectivity index (χ1v) is 6.74. The lowest BCUT2D eigenvalue weighted by atomic mass is 10.1. The molecule has 3 rings (SSSR count). The van der Waals surface area contributed by atoms with Crippen LogP contribution in [0.1, 0.15) is 18.4 Å². The molecule has 0 unspecified atom stereocenters. The number of β-lactam (4-membered cyclic amide) rings is 1. The maximum absolute atomic E-state index is 11.4. The van der Waals surface area contributed by atoms with Crippen molar-refractivity contribution in [2.45, 2.75) is 19.4 Å². The molecular weight excluding hydrogens is 240 g/mol. The second kappa shape index (κ2) is 5.30. The summed E-state index contributed by atoms with van der Waals surface area (Å²) in [7, 11) is 0. The molecule has 1 aromatic rings. The van der Waals surface area contributed by atoms with E-state index in [4.69, 9.17) is 0 Å². The Morgan fingerprint density at radius 2 is 2.37 bits per heavy atom. The van der Waals surface area contributed by atoms with Crippen molar-refractivity contribution in [3.63, 3.8) is 0 Å². The minimum atomic E-state index is 0.212. The molecular formula is C14H18N4O. The van der Waals surface area contributed by atoms with Gasteiger partial charge < -0.3 is 15.5 Å². The van der Waals surface area contributed by atoms with Gasteiger partial charge in [0.05, 0.1) is 0 Å². The average molecular weight is 258 g/mol. The molecule has 0 atom stereocenters. The van der Waals surface area contributed by atoms with E-state index in [2.05, 4.69) is 27.8 Å². The van der Waals surface area contributed by atoms with E-state index in [9.17, 15) is 4.79 Å². The molecule has 0 aliphatic carbocycles. The smallest absolute Gasteiger partial charge is 0.228 e. The molecule has 5 nitrogen and oxygen atoms in total. The van der Waals surface area contributed by atoms with Gasteiger partial charge in [-0.3, -0.25) is 9.79 Å². The van der Waals surface area contributed by atoms with Crippen LogP contribution in [0.2, 0.25) is 0 Å². The lowest BCUT2D eigenvalue weighted by molar-refractivity contribution is -0.122. The SMILES string of the molecule is O=C1CCN1c1cccc(CNC2=NCCCN2)c1. The highest BCUT2D eigenvalue weighted by Gasteiger charge is 2.24. The molecule has 0 radical (unpaired) electrons. The van der Waals surface area contributed by atoms with E-state index in [1.54, 1.807) is 0 Å². The Bertz CT molecular complexity index is 512. The number of anilines is 1. The summed E-state index contributed by atoms with van der Waals surface area (Å²) in [5.74, 6) is 1.08. The Morgan fingerprint density at radius 3 is 3.05 bits per heavy atom. The van der Waals surface area contributed by atoms with Gasteiger partial charge in [-0.2, -0.15) is 0 Å². The molecule has 19 heavy (non-hydrogen) atoms. The highest BCUT2D eigenvalue weighted by atomic mass is 16.2. The first-order valence-electron chi connectivity index (χ1n) is 6.74. The van der Waals surface area contributed by atoms with Crippen LogP contribution in [-0.2, 0) is 11.3 Å². The van der Waals surface area contributed by atoms with Crippen LogP contribution in [0.5, 0.6) is 0 Å². The maximum Gasteiger partial charge on any atom is 0.228 e. The predicted molar refractivity (Wildman–Crippen MR) is 75.2 cm³/mol. The van der Waals surface area contributed by atoms with Gasteiger partial charge in [-0.05, 0) is 24.1 Å². The maximum atomic E-state index is 11.4. The van der Waals surface area contributed by atoms with E-state index in [-0.39, 0.29) is 5.91 Å². The van der Waals surface area contributed by atoms with Gasteiger partial charge in [0.2, 0.25) is 5.91 Å². The van der Waals surface area contributed by atoms with Crippen LogP contribution in [0, 0.1) is 0 Å². The fourth-order valence-electron chi connectivity index (χ4n) is 2.26. The molecule has 1 saturated heterocycles. The number of guanidine groups is 1. The van der Waals surface area contributed by atoms with Crippen LogP contribution < -0.4 is 15.5 Å². The van der Waals surface area contributed by atoms with E-state index < -0.39 is 0 Å². The van der Waals surface area contributed by atoms with Gasteiger partial charge >= 0.3 is 0 Å². The van der Waals surface area contributed by atoms with Gasteiger partial charge in [0.15, 0.2) is 5.96 Å². The van der Waals surface area contributed by atoms with Crippen molar-refractivity contribution in [1.29, 1.82) is 0 Å². The van der Waals surface area contributed by atoms with Crippen LogP contribution in [0.4, 0.5) is 5.69 Å². The Balaban J connectivity index is 1.63. The normalized spacial score (nSPS) is 18.4. The van der Waals surface area contributed by atoms with E-state index in [1.165, 1.54) is 0 Å². The van der Waals surface area contributed by atoms with Gasteiger partial charge in [-0.15, -0.1) is 0 Å². The molecule has 1 aromatic carbocycles. The zero-order chi connectivity index (χ0) is 13.1. The molecule has 2 aliphatic rings. The van der Waals surface area contributed by atoms with Crippen LogP contribution in [0.3, 0.4) is 0 Å². The molecule has 100 valence electrons. The van der Waals surface area contributed by atoms with Crippen molar-refractivity contribution in [3.8, 4) is 0 Å². The number of hydrogen-bond acceptors (Lipinski definition) is 4. The van der Waals surface area contributed by atoms with Crippen molar-refractivity contribution in [2.75, 3.05) is 24.5 Å². The summed E-state index contributed by atoms with van der Waals surface area (Å²) in [5, 5.41) is 6.52. The van der Waals surface area contributed by atoms with Gasteiger partial charge in [0.1, 0.15) is 0 Å². The number of amides is 1. The van der Waals surface area contributed by atoms with Crippen molar-refractivity contribution < 1.29 is 4.79 Å². The Hall–Kier alpha value is -2.04. The average Bonchev–Trinajstić information content (AvgIpc) is 2.45. The summed E-state index contributed by atoms with van der Waals surface area (Å²) in [6.45, 7) is 3.43. The Kier molecular flexibility index (Phi) is 3.35. The lowest BCUT2D eigenvalue weighted by Gasteiger charge is -2.31. The summed E-state index contributed by atoms with van der Waals surface area (Å²) < 4.78 is 0. The molecule has 0 spiro atoms. The summed E-state index contributed by atoms with van der Waals surface area (Å²) in [6, 6.07) is 8.10.